The Morgan fingerprint density at radius 1 is 1.14 bits per heavy atom. The molecule has 2 aromatic carbocycles. The van der Waals surface area contributed by atoms with Crippen molar-refractivity contribution in [2.24, 2.45) is 0 Å². The minimum Gasteiger partial charge on any atom is -0.493 e. The summed E-state index contributed by atoms with van der Waals surface area (Å²) in [5, 5.41) is 0. The maximum absolute atomic E-state index is 12.6. The molecule has 0 saturated heterocycles. The molecule has 1 N–H and O–H groups in total. The van der Waals surface area contributed by atoms with E-state index in [0.29, 0.717) is 30.9 Å². The van der Waals surface area contributed by atoms with Gasteiger partial charge in [0, 0.05) is 44.1 Å². The Morgan fingerprint density at radius 3 is 2.93 bits per heavy atom. The van der Waals surface area contributed by atoms with Crippen LogP contribution in [-0.4, -0.2) is 45.3 Å². The molecule has 0 radical (unpaired) electrons. The molecule has 0 bridgehead atoms. The zero-order chi connectivity index (χ0) is 20.0. The van der Waals surface area contributed by atoms with Crippen LogP contribution >= 0.6 is 0 Å². The van der Waals surface area contributed by atoms with Crippen LogP contribution in [0.25, 0.3) is 0 Å². The van der Waals surface area contributed by atoms with Gasteiger partial charge in [-0.3, -0.25) is 9.69 Å². The highest BCUT2D eigenvalue weighted by Gasteiger charge is 2.37. The quantitative estimate of drug-likeness (QED) is 0.738. The zero-order valence-electron chi connectivity index (χ0n) is 16.2. The molecular weight excluding hydrogens is 388 g/mol. The van der Waals surface area contributed by atoms with E-state index >= 15 is 0 Å². The van der Waals surface area contributed by atoms with Gasteiger partial charge in [0.25, 0.3) is 0 Å². The highest BCUT2D eigenvalue weighted by molar-refractivity contribution is 7.89. The van der Waals surface area contributed by atoms with Crippen molar-refractivity contribution >= 4 is 15.8 Å². The van der Waals surface area contributed by atoms with Crippen LogP contribution in [-0.2, 0) is 22.9 Å². The lowest BCUT2D eigenvalue weighted by atomic mass is 9.93. The van der Waals surface area contributed by atoms with Gasteiger partial charge in [0.1, 0.15) is 5.75 Å². The summed E-state index contributed by atoms with van der Waals surface area (Å²) in [6.45, 7) is 2.66. The number of ketones is 1. The van der Waals surface area contributed by atoms with Gasteiger partial charge in [-0.25, -0.2) is 13.1 Å². The maximum atomic E-state index is 12.6. The average Bonchev–Trinajstić information content (AvgIpc) is 3.32. The van der Waals surface area contributed by atoms with Crippen LogP contribution in [0.4, 0.5) is 0 Å². The zero-order valence-corrected chi connectivity index (χ0v) is 17.0. The number of nitrogens with one attached hydrogen (secondary N) is 1. The fourth-order valence-electron chi connectivity index (χ4n) is 4.76. The van der Waals surface area contributed by atoms with Gasteiger partial charge in [0.15, 0.2) is 5.78 Å². The minimum atomic E-state index is -3.53. The van der Waals surface area contributed by atoms with Crippen molar-refractivity contribution in [2.45, 2.75) is 36.6 Å². The van der Waals surface area contributed by atoms with Gasteiger partial charge >= 0.3 is 0 Å². The molecule has 1 unspecified atom stereocenters. The molecule has 2 aliphatic heterocycles. The second-order valence-corrected chi connectivity index (χ2v) is 9.69. The molecule has 152 valence electrons. The minimum absolute atomic E-state index is 0.149. The van der Waals surface area contributed by atoms with Crippen LogP contribution in [0.5, 0.6) is 5.75 Å². The average molecular weight is 413 g/mol. The Kier molecular flexibility index (Phi) is 4.69. The lowest BCUT2D eigenvalue weighted by molar-refractivity contribution is 0.0949. The monoisotopic (exact) mass is 412 g/mol. The lowest BCUT2D eigenvalue weighted by Gasteiger charge is -2.34. The molecule has 2 heterocycles. The second kappa shape index (κ2) is 7.23. The molecule has 0 saturated carbocycles. The third-order valence-electron chi connectivity index (χ3n) is 6.20. The van der Waals surface area contributed by atoms with Crippen molar-refractivity contribution in [1.29, 1.82) is 0 Å². The molecule has 0 spiro atoms. The molecule has 1 atom stereocenters. The first-order chi connectivity index (χ1) is 14.0. The number of ether oxygens (including phenoxy) is 1. The topological polar surface area (TPSA) is 75.7 Å². The van der Waals surface area contributed by atoms with Crippen LogP contribution in [0, 0.1) is 0 Å². The molecule has 29 heavy (non-hydrogen) atoms. The summed E-state index contributed by atoms with van der Waals surface area (Å²) in [6, 6.07) is 11.2. The van der Waals surface area contributed by atoms with Gasteiger partial charge in [0.2, 0.25) is 10.0 Å². The van der Waals surface area contributed by atoms with Gasteiger partial charge in [-0.2, -0.15) is 0 Å². The number of nitrogens with zero attached hydrogens (tertiary/aromatic N) is 1. The highest BCUT2D eigenvalue weighted by Crippen LogP contribution is 2.41. The van der Waals surface area contributed by atoms with Crippen LogP contribution < -0.4 is 9.46 Å². The van der Waals surface area contributed by atoms with Crippen molar-refractivity contribution < 1.29 is 17.9 Å². The van der Waals surface area contributed by atoms with Crippen molar-refractivity contribution in [3.05, 3.63) is 58.7 Å². The molecule has 0 fully saturated rings. The summed E-state index contributed by atoms with van der Waals surface area (Å²) in [5.41, 5.74) is 4.31. The largest absolute Gasteiger partial charge is 0.493 e. The Morgan fingerprint density at radius 2 is 2.03 bits per heavy atom. The molecular formula is C22H24N2O4S. The summed E-state index contributed by atoms with van der Waals surface area (Å²) < 4.78 is 33.4. The summed E-state index contributed by atoms with van der Waals surface area (Å²) in [7, 11) is -3.53. The van der Waals surface area contributed by atoms with E-state index in [1.54, 1.807) is 18.2 Å². The Labute approximate surface area is 170 Å². The number of benzene rings is 2. The van der Waals surface area contributed by atoms with Gasteiger partial charge in [-0.05, 0) is 47.7 Å². The predicted molar refractivity (Wildman–Crippen MR) is 109 cm³/mol. The summed E-state index contributed by atoms with van der Waals surface area (Å²) in [4.78, 5) is 15.0. The number of rotatable bonds is 6. The van der Waals surface area contributed by atoms with E-state index in [1.165, 1.54) is 11.1 Å². The van der Waals surface area contributed by atoms with E-state index in [0.717, 1.165) is 42.8 Å². The van der Waals surface area contributed by atoms with Gasteiger partial charge in [-0.1, -0.05) is 18.2 Å². The Balaban J connectivity index is 1.20. The number of carbonyl (C=O) groups excluding carboxylic acids is 1. The van der Waals surface area contributed by atoms with Crippen molar-refractivity contribution in [1.82, 2.24) is 9.62 Å². The van der Waals surface area contributed by atoms with Gasteiger partial charge in [0.05, 0.1) is 11.5 Å². The molecule has 2 aromatic rings. The van der Waals surface area contributed by atoms with E-state index in [-0.39, 0.29) is 11.8 Å². The fourth-order valence-corrected chi connectivity index (χ4v) is 5.88. The molecule has 1 aliphatic carbocycles. The predicted octanol–water partition coefficient (Wildman–Crippen LogP) is 2.48. The van der Waals surface area contributed by atoms with Crippen molar-refractivity contribution in [3.63, 3.8) is 0 Å². The molecule has 5 rings (SSSR count). The van der Waals surface area contributed by atoms with Crippen molar-refractivity contribution in [2.75, 3.05) is 26.2 Å². The molecule has 6 nitrogen and oxygen atoms in total. The number of carbonyl (C=O) groups is 1. The molecule has 0 aromatic heterocycles. The third-order valence-corrected chi connectivity index (χ3v) is 7.66. The van der Waals surface area contributed by atoms with E-state index in [2.05, 4.69) is 15.7 Å². The number of Topliss-reactive ketones (excluding diaryl/α,β-unsaturated/α-hetero) is 1. The number of hydrogen-bond acceptors (Lipinski definition) is 5. The molecule has 0 amide bonds. The van der Waals surface area contributed by atoms with Crippen LogP contribution in [0.15, 0.2) is 41.3 Å². The SMILES string of the molecule is O=C1CC2c3c(cccc31)CCN2CCCNS(=O)(=O)c1ccc2c(c1)CCO2. The normalized spacial score (nSPS) is 20.4. The van der Waals surface area contributed by atoms with Crippen LogP contribution in [0.3, 0.4) is 0 Å². The first kappa shape index (κ1) is 18.8. The van der Waals surface area contributed by atoms with E-state index in [1.807, 2.05) is 12.1 Å². The second-order valence-electron chi connectivity index (χ2n) is 7.93. The number of fused-ring (bicyclic) bond motifs is 1. The summed E-state index contributed by atoms with van der Waals surface area (Å²) in [5.74, 6) is 1.000. The van der Waals surface area contributed by atoms with E-state index in [9.17, 15) is 13.2 Å². The standard InChI is InChI=1S/C22H24N2O4S/c25-20-14-19-22-15(3-1-4-18(20)22)7-11-24(19)10-2-9-23-29(26,27)17-5-6-21-16(13-17)8-12-28-21/h1,3-6,13,19,23H,2,7-12,14H2. The first-order valence-electron chi connectivity index (χ1n) is 10.2. The van der Waals surface area contributed by atoms with Crippen LogP contribution in [0.1, 0.15) is 45.9 Å². The number of sulfonamides is 1. The molecule has 3 aliphatic rings. The fraction of sp³-hybridized carbons (Fsp3) is 0.409. The van der Waals surface area contributed by atoms with Gasteiger partial charge < -0.3 is 4.74 Å². The summed E-state index contributed by atoms with van der Waals surface area (Å²) in [6.07, 6.45) is 2.93. The number of hydrogen-bond donors (Lipinski definition) is 1. The highest BCUT2D eigenvalue weighted by atomic mass is 32.2. The van der Waals surface area contributed by atoms with Crippen LogP contribution in [0.2, 0.25) is 0 Å². The Bertz CT molecular complexity index is 1080. The van der Waals surface area contributed by atoms with E-state index < -0.39 is 10.0 Å². The maximum Gasteiger partial charge on any atom is 0.240 e. The Hall–Kier alpha value is -2.22. The smallest absolute Gasteiger partial charge is 0.240 e. The first-order valence-corrected chi connectivity index (χ1v) is 11.7. The molecule has 7 heteroatoms. The summed E-state index contributed by atoms with van der Waals surface area (Å²) >= 11 is 0. The van der Waals surface area contributed by atoms with Crippen molar-refractivity contribution in [3.8, 4) is 5.75 Å². The third kappa shape index (κ3) is 3.37. The van der Waals surface area contributed by atoms with Gasteiger partial charge in [-0.15, -0.1) is 0 Å². The lowest BCUT2D eigenvalue weighted by Crippen LogP contribution is -2.36. The van der Waals surface area contributed by atoms with E-state index in [4.69, 9.17) is 4.74 Å².